The van der Waals surface area contributed by atoms with Gasteiger partial charge in [-0.1, -0.05) is 17.7 Å². The molecule has 80 valence electrons. The highest BCUT2D eigenvalue weighted by Crippen LogP contribution is 2.24. The second kappa shape index (κ2) is 6.28. The molecule has 0 bridgehead atoms. The Morgan fingerprint density at radius 1 is 1.53 bits per heavy atom. The summed E-state index contributed by atoms with van der Waals surface area (Å²) in [6.07, 6.45) is 0.853. The first kappa shape index (κ1) is 11.8. The lowest BCUT2D eigenvalue weighted by Crippen LogP contribution is -2.17. The molecule has 0 heterocycles. The zero-order chi connectivity index (χ0) is 11.1. The number of rotatable bonds is 5. The first-order valence-electron chi connectivity index (χ1n) is 4.68. The quantitative estimate of drug-likeness (QED) is 0.615. The Morgan fingerprint density at radius 3 is 2.93 bits per heavy atom. The van der Waals surface area contributed by atoms with Gasteiger partial charge in [-0.25, -0.2) is 0 Å². The first-order valence-corrected chi connectivity index (χ1v) is 5.06. The standard InChI is InChI=1S/C11H13ClN2O/c1-15-11-3-2-9(8-10(11)12)4-6-14-7-5-13/h2-3,8,14H,4,6-7H2,1H3. The van der Waals surface area contributed by atoms with Crippen LogP contribution in [0.5, 0.6) is 5.75 Å². The third-order valence-corrected chi connectivity index (χ3v) is 2.31. The van der Waals surface area contributed by atoms with E-state index in [1.54, 1.807) is 7.11 Å². The molecule has 1 aromatic rings. The van der Waals surface area contributed by atoms with E-state index in [-0.39, 0.29) is 0 Å². The van der Waals surface area contributed by atoms with Crippen LogP contribution in [0.25, 0.3) is 0 Å². The van der Waals surface area contributed by atoms with Crippen molar-refractivity contribution in [1.82, 2.24) is 5.32 Å². The first-order chi connectivity index (χ1) is 7.27. The van der Waals surface area contributed by atoms with Crippen LogP contribution in [-0.2, 0) is 6.42 Å². The maximum atomic E-state index is 8.33. The fourth-order valence-corrected chi connectivity index (χ4v) is 1.52. The van der Waals surface area contributed by atoms with E-state index in [4.69, 9.17) is 21.6 Å². The van der Waals surface area contributed by atoms with Crippen molar-refractivity contribution >= 4 is 11.6 Å². The van der Waals surface area contributed by atoms with E-state index in [1.807, 2.05) is 24.3 Å². The van der Waals surface area contributed by atoms with Crippen molar-refractivity contribution < 1.29 is 4.74 Å². The molecule has 0 saturated carbocycles. The molecule has 0 radical (unpaired) electrons. The molecule has 0 unspecified atom stereocenters. The van der Waals surface area contributed by atoms with E-state index in [1.165, 1.54) is 0 Å². The molecule has 4 heteroatoms. The molecule has 0 aliphatic rings. The average molecular weight is 225 g/mol. The lowest BCUT2D eigenvalue weighted by molar-refractivity contribution is 0.415. The van der Waals surface area contributed by atoms with Crippen molar-refractivity contribution in [2.45, 2.75) is 6.42 Å². The molecule has 0 saturated heterocycles. The van der Waals surface area contributed by atoms with Crippen LogP contribution in [0.1, 0.15) is 5.56 Å². The van der Waals surface area contributed by atoms with Crippen LogP contribution in [0.2, 0.25) is 5.02 Å². The third kappa shape index (κ3) is 3.78. The summed E-state index contributed by atoms with van der Waals surface area (Å²) in [5.74, 6) is 0.686. The Balaban J connectivity index is 2.49. The second-order valence-electron chi connectivity index (χ2n) is 3.05. The molecular weight excluding hydrogens is 212 g/mol. The Kier molecular flexibility index (Phi) is 4.96. The summed E-state index contributed by atoms with van der Waals surface area (Å²) in [7, 11) is 1.59. The maximum Gasteiger partial charge on any atom is 0.137 e. The number of nitrogens with one attached hydrogen (secondary N) is 1. The molecule has 1 rings (SSSR count). The van der Waals surface area contributed by atoms with Crippen LogP contribution in [0.3, 0.4) is 0 Å². The van der Waals surface area contributed by atoms with Gasteiger partial charge < -0.3 is 10.1 Å². The summed E-state index contributed by atoms with van der Waals surface area (Å²) in [5, 5.41) is 11.9. The average Bonchev–Trinajstić information content (AvgIpc) is 2.25. The Labute approximate surface area is 94.6 Å². The number of benzene rings is 1. The molecular formula is C11H13ClN2O. The minimum atomic E-state index is 0.379. The Morgan fingerprint density at radius 2 is 2.33 bits per heavy atom. The molecule has 0 atom stereocenters. The van der Waals surface area contributed by atoms with Gasteiger partial charge in [0.2, 0.25) is 0 Å². The molecule has 3 nitrogen and oxygen atoms in total. The predicted molar refractivity (Wildman–Crippen MR) is 60.2 cm³/mol. The van der Waals surface area contributed by atoms with Gasteiger partial charge in [0.15, 0.2) is 0 Å². The van der Waals surface area contributed by atoms with Crippen LogP contribution in [0.15, 0.2) is 18.2 Å². The van der Waals surface area contributed by atoms with Crippen molar-refractivity contribution in [3.8, 4) is 11.8 Å². The molecule has 0 fully saturated rings. The topological polar surface area (TPSA) is 45.0 Å². The molecule has 0 amide bonds. The van der Waals surface area contributed by atoms with Gasteiger partial charge >= 0.3 is 0 Å². The molecule has 1 N–H and O–H groups in total. The number of ether oxygens (including phenoxy) is 1. The highest BCUT2D eigenvalue weighted by atomic mass is 35.5. The number of halogens is 1. The number of hydrogen-bond acceptors (Lipinski definition) is 3. The lowest BCUT2D eigenvalue weighted by Gasteiger charge is -2.05. The zero-order valence-electron chi connectivity index (χ0n) is 8.59. The van der Waals surface area contributed by atoms with Crippen molar-refractivity contribution in [2.24, 2.45) is 0 Å². The molecule has 0 spiro atoms. The molecule has 0 aromatic heterocycles. The second-order valence-corrected chi connectivity index (χ2v) is 3.46. The number of nitriles is 1. The van der Waals surface area contributed by atoms with Crippen LogP contribution in [-0.4, -0.2) is 20.2 Å². The summed E-state index contributed by atoms with van der Waals surface area (Å²) in [4.78, 5) is 0. The molecule has 15 heavy (non-hydrogen) atoms. The van der Waals surface area contributed by atoms with Crippen LogP contribution >= 0.6 is 11.6 Å². The van der Waals surface area contributed by atoms with E-state index in [2.05, 4.69) is 5.32 Å². The van der Waals surface area contributed by atoms with Crippen LogP contribution in [0.4, 0.5) is 0 Å². The summed E-state index contributed by atoms with van der Waals surface area (Å²) >= 11 is 5.97. The number of methoxy groups -OCH3 is 1. The SMILES string of the molecule is COc1ccc(CCNCC#N)cc1Cl. The van der Waals surface area contributed by atoms with Gasteiger partial charge in [-0.3, -0.25) is 0 Å². The smallest absolute Gasteiger partial charge is 0.137 e. The van der Waals surface area contributed by atoms with E-state index in [0.29, 0.717) is 17.3 Å². The van der Waals surface area contributed by atoms with Gasteiger partial charge in [-0.2, -0.15) is 5.26 Å². The summed E-state index contributed by atoms with van der Waals surface area (Å²) in [6.45, 7) is 1.15. The van der Waals surface area contributed by atoms with Gasteiger partial charge in [0, 0.05) is 6.54 Å². The fourth-order valence-electron chi connectivity index (χ4n) is 1.24. The number of hydrogen-bond donors (Lipinski definition) is 1. The lowest BCUT2D eigenvalue weighted by atomic mass is 10.1. The fraction of sp³-hybridized carbons (Fsp3) is 0.364. The Hall–Kier alpha value is -1.24. The highest BCUT2D eigenvalue weighted by Gasteiger charge is 2.01. The zero-order valence-corrected chi connectivity index (χ0v) is 9.34. The third-order valence-electron chi connectivity index (χ3n) is 2.01. The summed E-state index contributed by atoms with van der Waals surface area (Å²) < 4.78 is 5.05. The van der Waals surface area contributed by atoms with Crippen molar-refractivity contribution in [3.05, 3.63) is 28.8 Å². The van der Waals surface area contributed by atoms with Gasteiger partial charge in [-0.15, -0.1) is 0 Å². The Bertz CT molecular complexity index is 360. The van der Waals surface area contributed by atoms with E-state index in [9.17, 15) is 0 Å². The molecule has 0 aliphatic heterocycles. The summed E-state index contributed by atoms with van der Waals surface area (Å²) in [5.41, 5.74) is 1.13. The van der Waals surface area contributed by atoms with Crippen molar-refractivity contribution in [3.63, 3.8) is 0 Å². The van der Waals surface area contributed by atoms with Gasteiger partial charge in [-0.05, 0) is 24.1 Å². The van der Waals surface area contributed by atoms with Crippen molar-refractivity contribution in [2.75, 3.05) is 20.2 Å². The van der Waals surface area contributed by atoms with E-state index >= 15 is 0 Å². The maximum absolute atomic E-state index is 8.33. The van der Waals surface area contributed by atoms with Gasteiger partial charge in [0.1, 0.15) is 5.75 Å². The number of nitrogens with zero attached hydrogens (tertiary/aromatic N) is 1. The van der Waals surface area contributed by atoms with Gasteiger partial charge in [0.25, 0.3) is 0 Å². The van der Waals surface area contributed by atoms with E-state index < -0.39 is 0 Å². The van der Waals surface area contributed by atoms with Crippen LogP contribution in [0, 0.1) is 11.3 Å². The monoisotopic (exact) mass is 224 g/mol. The minimum Gasteiger partial charge on any atom is -0.495 e. The highest BCUT2D eigenvalue weighted by molar-refractivity contribution is 6.32. The van der Waals surface area contributed by atoms with Crippen LogP contribution < -0.4 is 10.1 Å². The van der Waals surface area contributed by atoms with E-state index in [0.717, 1.165) is 18.5 Å². The van der Waals surface area contributed by atoms with Crippen molar-refractivity contribution in [1.29, 1.82) is 5.26 Å². The molecule has 0 aliphatic carbocycles. The normalized spacial score (nSPS) is 9.67. The summed E-state index contributed by atoms with van der Waals surface area (Å²) in [6, 6.07) is 7.73. The van der Waals surface area contributed by atoms with Gasteiger partial charge in [0.05, 0.1) is 24.7 Å². The molecule has 1 aromatic carbocycles. The minimum absolute atomic E-state index is 0.379. The predicted octanol–water partition coefficient (Wildman–Crippen LogP) is 2.00. The largest absolute Gasteiger partial charge is 0.495 e.